The summed E-state index contributed by atoms with van der Waals surface area (Å²) in [4.78, 5) is 27.8. The molecule has 2 aromatic rings. The molecule has 2 amide bonds. The zero-order chi connectivity index (χ0) is 19.3. The highest BCUT2D eigenvalue weighted by Crippen LogP contribution is 2.31. The molecule has 1 atom stereocenters. The molecule has 1 heterocycles. The lowest BCUT2D eigenvalue weighted by Crippen LogP contribution is -2.41. The first-order valence-electron chi connectivity index (χ1n) is 10.1. The second kappa shape index (κ2) is 8.42. The summed E-state index contributed by atoms with van der Waals surface area (Å²) < 4.78 is 0. The number of carbonyl (C=O) groups excluding carboxylic acids is 2. The van der Waals surface area contributed by atoms with Crippen LogP contribution in [0.2, 0.25) is 0 Å². The van der Waals surface area contributed by atoms with Gasteiger partial charge in [-0.2, -0.15) is 0 Å². The number of hydrogen-bond acceptors (Lipinski definition) is 2. The molecule has 144 valence electrons. The van der Waals surface area contributed by atoms with Crippen molar-refractivity contribution in [3.63, 3.8) is 0 Å². The second-order valence-corrected chi connectivity index (χ2v) is 7.55. The van der Waals surface area contributed by atoms with Crippen LogP contribution in [-0.2, 0) is 11.3 Å². The Morgan fingerprint density at radius 3 is 2.57 bits per heavy atom. The van der Waals surface area contributed by atoms with Crippen molar-refractivity contribution >= 4 is 11.8 Å². The summed E-state index contributed by atoms with van der Waals surface area (Å²) in [5.74, 6) is -0.182. The molecule has 0 saturated carbocycles. The number of benzene rings is 2. The van der Waals surface area contributed by atoms with Crippen LogP contribution in [0.25, 0.3) is 0 Å². The molecule has 1 aliphatic heterocycles. The largest absolute Gasteiger partial charge is 0.354 e. The third-order valence-corrected chi connectivity index (χ3v) is 5.66. The maximum atomic E-state index is 13.1. The lowest BCUT2D eigenvalue weighted by atomic mass is 9.97. The molecule has 1 unspecified atom stereocenters. The minimum atomic E-state index is -0.610. The summed E-state index contributed by atoms with van der Waals surface area (Å²) in [5, 5.41) is 3.08. The standard InChI is InChI=1S/C24H26N2O2/c27-23(25-16-15-18-9-3-1-4-10-18)22(19-11-5-2-6-12-19)26-17-20-13-7-8-14-21(20)24(26)28/h2,5-9,11-14,22H,1,3-4,10,15-17H2,(H,25,27). The van der Waals surface area contributed by atoms with Gasteiger partial charge in [-0.1, -0.05) is 60.2 Å². The summed E-state index contributed by atoms with van der Waals surface area (Å²) in [7, 11) is 0. The first kappa shape index (κ1) is 18.5. The number of carbonyl (C=O) groups is 2. The van der Waals surface area contributed by atoms with Crippen LogP contribution in [-0.4, -0.2) is 23.3 Å². The van der Waals surface area contributed by atoms with Gasteiger partial charge in [-0.05, 0) is 49.3 Å². The van der Waals surface area contributed by atoms with E-state index >= 15 is 0 Å². The number of fused-ring (bicyclic) bond motifs is 1. The normalized spacial score (nSPS) is 17.1. The number of nitrogens with zero attached hydrogens (tertiary/aromatic N) is 1. The van der Waals surface area contributed by atoms with Gasteiger partial charge in [0.2, 0.25) is 5.91 Å². The summed E-state index contributed by atoms with van der Waals surface area (Å²) in [6.45, 7) is 1.08. The van der Waals surface area contributed by atoms with Crippen LogP contribution in [0.5, 0.6) is 0 Å². The Morgan fingerprint density at radius 2 is 1.82 bits per heavy atom. The highest BCUT2D eigenvalue weighted by molar-refractivity contribution is 6.01. The van der Waals surface area contributed by atoms with E-state index in [-0.39, 0.29) is 11.8 Å². The van der Waals surface area contributed by atoms with E-state index in [1.165, 1.54) is 18.4 Å². The lowest BCUT2D eigenvalue weighted by Gasteiger charge is -2.27. The van der Waals surface area contributed by atoms with Crippen LogP contribution >= 0.6 is 0 Å². The molecule has 1 aliphatic carbocycles. The van der Waals surface area contributed by atoms with E-state index in [1.54, 1.807) is 4.90 Å². The molecular formula is C24H26N2O2. The molecule has 0 spiro atoms. The SMILES string of the molecule is O=C(NCCC1=CCCCC1)C(c1ccccc1)N1Cc2ccccc2C1=O. The topological polar surface area (TPSA) is 49.4 Å². The Labute approximate surface area is 166 Å². The van der Waals surface area contributed by atoms with Gasteiger partial charge in [0.25, 0.3) is 5.91 Å². The first-order valence-corrected chi connectivity index (χ1v) is 10.1. The van der Waals surface area contributed by atoms with Crippen molar-refractivity contribution < 1.29 is 9.59 Å². The minimum Gasteiger partial charge on any atom is -0.354 e. The zero-order valence-corrected chi connectivity index (χ0v) is 16.1. The van der Waals surface area contributed by atoms with Crippen molar-refractivity contribution in [1.82, 2.24) is 10.2 Å². The third-order valence-electron chi connectivity index (χ3n) is 5.66. The Balaban J connectivity index is 1.51. The minimum absolute atomic E-state index is 0.0745. The zero-order valence-electron chi connectivity index (χ0n) is 16.1. The van der Waals surface area contributed by atoms with Crippen molar-refractivity contribution in [2.75, 3.05) is 6.54 Å². The van der Waals surface area contributed by atoms with E-state index in [0.717, 1.165) is 30.4 Å². The molecule has 0 radical (unpaired) electrons. The molecule has 2 aromatic carbocycles. The number of amides is 2. The monoisotopic (exact) mass is 374 g/mol. The predicted molar refractivity (Wildman–Crippen MR) is 110 cm³/mol. The number of allylic oxidation sites excluding steroid dienone is 1. The third kappa shape index (κ3) is 3.86. The summed E-state index contributed by atoms with van der Waals surface area (Å²) in [5.41, 5.74) is 3.96. The van der Waals surface area contributed by atoms with Crippen molar-refractivity contribution in [3.8, 4) is 0 Å². The summed E-state index contributed by atoms with van der Waals surface area (Å²) in [6.07, 6.45) is 8.00. The van der Waals surface area contributed by atoms with Crippen LogP contribution in [0.15, 0.2) is 66.2 Å². The van der Waals surface area contributed by atoms with Crippen molar-refractivity contribution in [3.05, 3.63) is 82.9 Å². The average Bonchev–Trinajstić information content (AvgIpc) is 3.06. The fraction of sp³-hybridized carbons (Fsp3) is 0.333. The second-order valence-electron chi connectivity index (χ2n) is 7.55. The van der Waals surface area contributed by atoms with Gasteiger partial charge in [-0.15, -0.1) is 0 Å². The number of hydrogen-bond donors (Lipinski definition) is 1. The van der Waals surface area contributed by atoms with E-state index in [2.05, 4.69) is 11.4 Å². The van der Waals surface area contributed by atoms with Gasteiger partial charge in [-0.25, -0.2) is 0 Å². The Bertz CT molecular complexity index is 888. The fourth-order valence-electron chi connectivity index (χ4n) is 4.17. The average molecular weight is 374 g/mol. The molecule has 0 saturated heterocycles. The Kier molecular flexibility index (Phi) is 5.56. The quantitative estimate of drug-likeness (QED) is 0.763. The van der Waals surface area contributed by atoms with Crippen LogP contribution in [0, 0.1) is 0 Å². The molecule has 0 aromatic heterocycles. The van der Waals surface area contributed by atoms with Crippen LogP contribution in [0.4, 0.5) is 0 Å². The number of nitrogens with one attached hydrogen (secondary N) is 1. The molecular weight excluding hydrogens is 348 g/mol. The Hall–Kier alpha value is -2.88. The van der Waals surface area contributed by atoms with E-state index in [1.807, 2.05) is 54.6 Å². The van der Waals surface area contributed by atoms with Crippen molar-refractivity contribution in [2.24, 2.45) is 0 Å². The Morgan fingerprint density at radius 1 is 1.04 bits per heavy atom. The van der Waals surface area contributed by atoms with Gasteiger partial charge in [0.05, 0.1) is 0 Å². The van der Waals surface area contributed by atoms with Crippen LogP contribution in [0.1, 0.15) is 59.6 Å². The van der Waals surface area contributed by atoms with E-state index in [0.29, 0.717) is 18.7 Å². The maximum absolute atomic E-state index is 13.1. The van der Waals surface area contributed by atoms with Gasteiger partial charge in [0.15, 0.2) is 0 Å². The van der Waals surface area contributed by atoms with E-state index < -0.39 is 6.04 Å². The maximum Gasteiger partial charge on any atom is 0.255 e. The van der Waals surface area contributed by atoms with Gasteiger partial charge in [0, 0.05) is 18.7 Å². The molecule has 2 aliphatic rings. The van der Waals surface area contributed by atoms with E-state index in [9.17, 15) is 9.59 Å². The molecule has 0 fully saturated rings. The lowest BCUT2D eigenvalue weighted by molar-refractivity contribution is -0.125. The van der Waals surface area contributed by atoms with Gasteiger partial charge >= 0.3 is 0 Å². The molecule has 4 rings (SSSR count). The smallest absolute Gasteiger partial charge is 0.255 e. The van der Waals surface area contributed by atoms with Gasteiger partial charge in [0.1, 0.15) is 6.04 Å². The highest BCUT2D eigenvalue weighted by Gasteiger charge is 2.36. The molecule has 28 heavy (non-hydrogen) atoms. The van der Waals surface area contributed by atoms with Gasteiger partial charge < -0.3 is 10.2 Å². The number of rotatable bonds is 6. The van der Waals surface area contributed by atoms with Crippen molar-refractivity contribution in [2.45, 2.75) is 44.7 Å². The van der Waals surface area contributed by atoms with Gasteiger partial charge in [-0.3, -0.25) is 9.59 Å². The van der Waals surface area contributed by atoms with Crippen LogP contribution in [0.3, 0.4) is 0 Å². The first-order chi connectivity index (χ1) is 13.7. The highest BCUT2D eigenvalue weighted by atomic mass is 16.2. The molecule has 0 bridgehead atoms. The molecule has 1 N–H and O–H groups in total. The fourth-order valence-corrected chi connectivity index (χ4v) is 4.17. The molecule has 4 nitrogen and oxygen atoms in total. The van der Waals surface area contributed by atoms with E-state index in [4.69, 9.17) is 0 Å². The van der Waals surface area contributed by atoms with Crippen molar-refractivity contribution in [1.29, 1.82) is 0 Å². The summed E-state index contributed by atoms with van der Waals surface area (Å²) in [6, 6.07) is 16.6. The molecule has 4 heteroatoms. The summed E-state index contributed by atoms with van der Waals surface area (Å²) >= 11 is 0. The predicted octanol–water partition coefficient (Wildman–Crippen LogP) is 4.39. The van der Waals surface area contributed by atoms with Crippen LogP contribution < -0.4 is 5.32 Å².